The van der Waals surface area contributed by atoms with Gasteiger partial charge in [0.1, 0.15) is 10.7 Å². The highest BCUT2D eigenvalue weighted by molar-refractivity contribution is 7.12. The number of hydrogen-bond acceptors (Lipinski definition) is 6. The Bertz CT molecular complexity index is 975. The van der Waals surface area contributed by atoms with Gasteiger partial charge in [-0.25, -0.2) is 13.6 Å². The molecule has 0 aliphatic rings. The highest BCUT2D eigenvalue weighted by Crippen LogP contribution is 2.29. The summed E-state index contributed by atoms with van der Waals surface area (Å²) in [6.07, 6.45) is 1.43. The lowest BCUT2D eigenvalue weighted by molar-refractivity contribution is 0.0735. The van der Waals surface area contributed by atoms with Crippen molar-refractivity contribution in [1.29, 1.82) is 0 Å². The van der Waals surface area contributed by atoms with Crippen LogP contribution in [0.15, 0.2) is 59.0 Å². The van der Waals surface area contributed by atoms with E-state index in [0.29, 0.717) is 16.2 Å². The van der Waals surface area contributed by atoms with Gasteiger partial charge in [-0.1, -0.05) is 6.07 Å². The van der Waals surface area contributed by atoms with Crippen LogP contribution in [0.4, 0.5) is 14.5 Å². The van der Waals surface area contributed by atoms with Gasteiger partial charge >= 0.3 is 5.97 Å². The first-order valence-corrected chi connectivity index (χ1v) is 8.62. The molecule has 0 spiro atoms. The third-order valence-corrected chi connectivity index (χ3v) is 4.29. The highest BCUT2D eigenvalue weighted by Gasteiger charge is 2.13. The van der Waals surface area contributed by atoms with Crippen LogP contribution in [0.25, 0.3) is 0 Å². The van der Waals surface area contributed by atoms with E-state index < -0.39 is 17.6 Å². The Morgan fingerprint density at radius 1 is 1.15 bits per heavy atom. The molecule has 138 valence electrons. The number of ether oxygens (including phenoxy) is 2. The SMILES string of the molecule is COc1cc(/C=N\Nc2ccc(F)cc2F)ccc1OC(=O)c1cccs1. The molecule has 0 amide bonds. The molecule has 1 aromatic heterocycles. The predicted molar refractivity (Wildman–Crippen MR) is 99.8 cm³/mol. The summed E-state index contributed by atoms with van der Waals surface area (Å²) < 4.78 is 37.0. The monoisotopic (exact) mass is 388 g/mol. The Labute approximate surface area is 157 Å². The number of thiophene rings is 1. The molecule has 0 saturated carbocycles. The van der Waals surface area contributed by atoms with Gasteiger partial charge in [0.15, 0.2) is 17.3 Å². The third kappa shape index (κ3) is 4.68. The van der Waals surface area contributed by atoms with Crippen molar-refractivity contribution in [2.45, 2.75) is 0 Å². The summed E-state index contributed by atoms with van der Waals surface area (Å²) in [7, 11) is 1.45. The van der Waals surface area contributed by atoms with Crippen LogP contribution in [0, 0.1) is 11.6 Å². The van der Waals surface area contributed by atoms with Crippen LogP contribution < -0.4 is 14.9 Å². The second-order valence-corrected chi connectivity index (χ2v) is 6.22. The van der Waals surface area contributed by atoms with E-state index in [1.807, 2.05) is 0 Å². The van der Waals surface area contributed by atoms with Crippen molar-refractivity contribution >= 4 is 29.2 Å². The number of carbonyl (C=O) groups is 1. The van der Waals surface area contributed by atoms with E-state index in [4.69, 9.17) is 9.47 Å². The van der Waals surface area contributed by atoms with E-state index in [0.717, 1.165) is 12.1 Å². The molecule has 0 aliphatic carbocycles. The molecule has 0 unspecified atom stereocenters. The molecule has 0 radical (unpaired) electrons. The lowest BCUT2D eigenvalue weighted by atomic mass is 10.2. The van der Waals surface area contributed by atoms with E-state index in [-0.39, 0.29) is 11.4 Å². The first-order valence-electron chi connectivity index (χ1n) is 7.74. The van der Waals surface area contributed by atoms with Crippen LogP contribution in [-0.4, -0.2) is 19.3 Å². The molecule has 1 heterocycles. The quantitative estimate of drug-likeness (QED) is 0.288. The van der Waals surface area contributed by atoms with Gasteiger partial charge in [-0.3, -0.25) is 5.43 Å². The van der Waals surface area contributed by atoms with E-state index in [9.17, 15) is 13.6 Å². The number of nitrogens with one attached hydrogen (secondary N) is 1. The molecule has 0 bridgehead atoms. The lowest BCUT2D eigenvalue weighted by Crippen LogP contribution is -2.07. The topological polar surface area (TPSA) is 59.9 Å². The lowest BCUT2D eigenvalue weighted by Gasteiger charge is -2.09. The molecule has 0 saturated heterocycles. The van der Waals surface area contributed by atoms with Crippen molar-refractivity contribution in [2.75, 3.05) is 12.5 Å². The summed E-state index contributed by atoms with van der Waals surface area (Å²) in [6.45, 7) is 0. The van der Waals surface area contributed by atoms with Crippen molar-refractivity contribution < 1.29 is 23.0 Å². The van der Waals surface area contributed by atoms with Gasteiger partial charge in [0, 0.05) is 6.07 Å². The molecule has 3 rings (SSSR count). The number of benzene rings is 2. The Balaban J connectivity index is 1.70. The Kier molecular flexibility index (Phi) is 5.77. The second kappa shape index (κ2) is 8.41. The largest absolute Gasteiger partial charge is 0.493 e. The smallest absolute Gasteiger partial charge is 0.353 e. The Morgan fingerprint density at radius 3 is 2.70 bits per heavy atom. The maximum atomic E-state index is 13.5. The number of methoxy groups -OCH3 is 1. The Hall–Kier alpha value is -3.26. The number of hydrogen-bond donors (Lipinski definition) is 1. The minimum absolute atomic E-state index is 0.0427. The molecule has 3 aromatic rings. The molecule has 0 atom stereocenters. The van der Waals surface area contributed by atoms with Gasteiger partial charge in [-0.2, -0.15) is 5.10 Å². The number of esters is 1. The molecule has 27 heavy (non-hydrogen) atoms. The number of carbonyl (C=O) groups excluding carboxylic acids is 1. The molecule has 1 N–H and O–H groups in total. The van der Waals surface area contributed by atoms with Gasteiger partial charge in [0.25, 0.3) is 0 Å². The maximum Gasteiger partial charge on any atom is 0.353 e. The first-order chi connectivity index (χ1) is 13.1. The van der Waals surface area contributed by atoms with Crippen LogP contribution in [0.1, 0.15) is 15.2 Å². The zero-order chi connectivity index (χ0) is 19.2. The number of halogens is 2. The van der Waals surface area contributed by atoms with Crippen LogP contribution in [0.5, 0.6) is 11.5 Å². The zero-order valence-corrected chi connectivity index (χ0v) is 14.9. The van der Waals surface area contributed by atoms with Gasteiger partial charge in [-0.15, -0.1) is 11.3 Å². The number of nitrogens with zero attached hydrogens (tertiary/aromatic N) is 1. The summed E-state index contributed by atoms with van der Waals surface area (Å²) in [4.78, 5) is 12.5. The average Bonchev–Trinajstić information content (AvgIpc) is 3.19. The van der Waals surface area contributed by atoms with Gasteiger partial charge in [-0.05, 0) is 47.3 Å². The Morgan fingerprint density at radius 2 is 2.00 bits per heavy atom. The van der Waals surface area contributed by atoms with Gasteiger partial charge in [0.2, 0.25) is 0 Å². The van der Waals surface area contributed by atoms with Gasteiger partial charge < -0.3 is 9.47 Å². The van der Waals surface area contributed by atoms with Crippen LogP contribution in [0.3, 0.4) is 0 Å². The number of hydrazone groups is 1. The maximum absolute atomic E-state index is 13.5. The van der Waals surface area contributed by atoms with Crippen LogP contribution >= 0.6 is 11.3 Å². The van der Waals surface area contributed by atoms with Crippen LogP contribution in [-0.2, 0) is 0 Å². The minimum atomic E-state index is -0.749. The number of rotatable bonds is 6. The fourth-order valence-electron chi connectivity index (χ4n) is 2.15. The summed E-state index contributed by atoms with van der Waals surface area (Å²) in [5.74, 6) is -1.28. The molecular formula is C19H14F2N2O3S. The zero-order valence-electron chi connectivity index (χ0n) is 14.1. The predicted octanol–water partition coefficient (Wildman–Crippen LogP) is 4.70. The van der Waals surface area contributed by atoms with E-state index in [2.05, 4.69) is 10.5 Å². The van der Waals surface area contributed by atoms with Crippen molar-refractivity contribution in [1.82, 2.24) is 0 Å². The van der Waals surface area contributed by atoms with Gasteiger partial charge in [0.05, 0.1) is 19.0 Å². The summed E-state index contributed by atoms with van der Waals surface area (Å²) in [5.41, 5.74) is 3.16. The molecular weight excluding hydrogens is 374 g/mol. The fraction of sp³-hybridized carbons (Fsp3) is 0.0526. The fourth-order valence-corrected chi connectivity index (χ4v) is 2.75. The highest BCUT2D eigenvalue weighted by atomic mass is 32.1. The van der Waals surface area contributed by atoms with Crippen molar-refractivity contribution in [2.24, 2.45) is 5.10 Å². The van der Waals surface area contributed by atoms with Crippen molar-refractivity contribution in [3.63, 3.8) is 0 Å². The van der Waals surface area contributed by atoms with Crippen LogP contribution in [0.2, 0.25) is 0 Å². The minimum Gasteiger partial charge on any atom is -0.493 e. The van der Waals surface area contributed by atoms with E-state index >= 15 is 0 Å². The van der Waals surface area contributed by atoms with E-state index in [1.165, 1.54) is 30.7 Å². The second-order valence-electron chi connectivity index (χ2n) is 5.27. The summed E-state index contributed by atoms with van der Waals surface area (Å²) in [6, 6.07) is 11.4. The molecule has 0 fully saturated rings. The third-order valence-electron chi connectivity index (χ3n) is 3.44. The molecule has 0 aliphatic heterocycles. The summed E-state index contributed by atoms with van der Waals surface area (Å²) in [5, 5.41) is 5.69. The molecule has 2 aromatic carbocycles. The first kappa shape index (κ1) is 18.5. The normalized spacial score (nSPS) is 10.8. The van der Waals surface area contributed by atoms with Crippen molar-refractivity contribution in [3.8, 4) is 11.5 Å². The summed E-state index contributed by atoms with van der Waals surface area (Å²) >= 11 is 1.28. The standard InChI is InChI=1S/C19H14F2N2O3S/c1-25-17-9-12(11-22-23-15-6-5-13(20)10-14(15)21)4-7-16(17)26-19(24)18-3-2-8-27-18/h2-11,23H,1H3/b22-11-. The molecule has 5 nitrogen and oxygen atoms in total. The number of anilines is 1. The van der Waals surface area contributed by atoms with E-state index in [1.54, 1.807) is 35.7 Å². The molecule has 8 heteroatoms. The van der Waals surface area contributed by atoms with Crippen molar-refractivity contribution in [3.05, 3.63) is 76.0 Å². The average molecular weight is 388 g/mol.